The topological polar surface area (TPSA) is 42.5 Å². The van der Waals surface area contributed by atoms with Gasteiger partial charge >= 0.3 is 0 Å². The van der Waals surface area contributed by atoms with Crippen molar-refractivity contribution in [2.24, 2.45) is 0 Å². The van der Waals surface area contributed by atoms with Gasteiger partial charge in [-0.1, -0.05) is 48.0 Å². The van der Waals surface area contributed by atoms with E-state index in [9.17, 15) is 4.79 Å². The molecular formula is C20H16ClNO2. The third-order valence-corrected chi connectivity index (χ3v) is 4.64. The molecule has 3 aromatic rings. The summed E-state index contributed by atoms with van der Waals surface area (Å²) < 4.78 is 5.41. The number of Topliss-reactive ketones (excluding diaryl/α,β-unsaturated/α-hetero) is 1. The minimum Gasteiger partial charge on any atom is -0.361 e. The molecule has 2 heterocycles. The summed E-state index contributed by atoms with van der Waals surface area (Å²) in [6.45, 7) is 3.78. The van der Waals surface area contributed by atoms with Crippen molar-refractivity contribution in [3.63, 3.8) is 0 Å². The number of carbonyl (C=O) groups is 1. The highest BCUT2D eigenvalue weighted by molar-refractivity contribution is 6.31. The monoisotopic (exact) mass is 337 g/mol. The van der Waals surface area contributed by atoms with E-state index in [1.807, 2.05) is 62.4 Å². The van der Waals surface area contributed by atoms with Crippen molar-refractivity contribution in [3.8, 4) is 11.1 Å². The van der Waals surface area contributed by atoms with Crippen LogP contribution in [0.2, 0.25) is 5.02 Å². The Labute approximate surface area is 145 Å². The van der Waals surface area contributed by atoms with E-state index in [-0.39, 0.29) is 18.0 Å². The lowest BCUT2D eigenvalue weighted by Gasteiger charge is -2.15. The summed E-state index contributed by atoms with van der Waals surface area (Å²) in [7, 11) is 0. The van der Waals surface area contributed by atoms with Crippen LogP contribution in [0.25, 0.3) is 22.0 Å². The number of aromatic nitrogens is 1. The maximum atomic E-state index is 13.0. The molecule has 4 rings (SSSR count). The number of carbonyl (C=O) groups excluding carboxylic acids is 1. The maximum absolute atomic E-state index is 13.0. The SMILES string of the molecule is Cc1nc2cc(Cl)ccc2c(-c2ccccc2)c1C(=O)[C@@H]1O[C@H]1C. The molecule has 0 amide bonds. The van der Waals surface area contributed by atoms with Crippen molar-refractivity contribution in [1.29, 1.82) is 0 Å². The first-order chi connectivity index (χ1) is 11.6. The van der Waals surface area contributed by atoms with Crippen LogP contribution in [0.5, 0.6) is 0 Å². The molecule has 2 aromatic carbocycles. The van der Waals surface area contributed by atoms with Crippen LogP contribution in [-0.4, -0.2) is 23.0 Å². The van der Waals surface area contributed by atoms with E-state index in [0.717, 1.165) is 22.0 Å². The largest absolute Gasteiger partial charge is 0.361 e. The van der Waals surface area contributed by atoms with Crippen molar-refractivity contribution in [1.82, 2.24) is 4.98 Å². The van der Waals surface area contributed by atoms with E-state index in [1.54, 1.807) is 0 Å². The molecule has 1 aliphatic heterocycles. The first-order valence-electron chi connectivity index (χ1n) is 7.91. The zero-order valence-corrected chi connectivity index (χ0v) is 14.2. The molecule has 24 heavy (non-hydrogen) atoms. The van der Waals surface area contributed by atoms with Gasteiger partial charge in [-0.05, 0) is 31.5 Å². The van der Waals surface area contributed by atoms with Crippen LogP contribution in [0.1, 0.15) is 23.0 Å². The highest BCUT2D eigenvalue weighted by Gasteiger charge is 2.43. The summed E-state index contributed by atoms with van der Waals surface area (Å²) in [5, 5.41) is 1.56. The lowest BCUT2D eigenvalue weighted by Crippen LogP contribution is -2.14. The number of benzene rings is 2. The highest BCUT2D eigenvalue weighted by Crippen LogP contribution is 2.37. The second kappa shape index (κ2) is 5.69. The molecule has 1 aliphatic rings. The van der Waals surface area contributed by atoms with E-state index < -0.39 is 0 Å². The predicted molar refractivity (Wildman–Crippen MR) is 95.6 cm³/mol. The Morgan fingerprint density at radius 1 is 1.17 bits per heavy atom. The Kier molecular flexibility index (Phi) is 3.63. The van der Waals surface area contributed by atoms with Crippen molar-refractivity contribution >= 4 is 28.3 Å². The van der Waals surface area contributed by atoms with Crippen LogP contribution in [0.4, 0.5) is 0 Å². The second-order valence-corrected chi connectivity index (χ2v) is 6.54. The summed E-state index contributed by atoms with van der Waals surface area (Å²) >= 11 is 6.12. The molecule has 3 nitrogen and oxygen atoms in total. The van der Waals surface area contributed by atoms with Gasteiger partial charge in [0.05, 0.1) is 17.2 Å². The van der Waals surface area contributed by atoms with Gasteiger partial charge in [0, 0.05) is 21.7 Å². The summed E-state index contributed by atoms with van der Waals surface area (Å²) in [4.78, 5) is 17.6. The van der Waals surface area contributed by atoms with Crippen molar-refractivity contribution in [3.05, 3.63) is 64.8 Å². The zero-order valence-electron chi connectivity index (χ0n) is 13.4. The maximum Gasteiger partial charge on any atom is 0.196 e. The molecule has 0 bridgehead atoms. The quantitative estimate of drug-likeness (QED) is 0.507. The lowest BCUT2D eigenvalue weighted by atomic mass is 9.91. The van der Waals surface area contributed by atoms with Crippen LogP contribution in [-0.2, 0) is 4.74 Å². The van der Waals surface area contributed by atoms with E-state index >= 15 is 0 Å². The number of rotatable bonds is 3. The molecule has 120 valence electrons. The minimum absolute atomic E-state index is 0.00297. The fourth-order valence-corrected chi connectivity index (χ4v) is 3.34. The minimum atomic E-state index is -0.363. The average Bonchev–Trinajstić information content (AvgIpc) is 3.30. The molecule has 1 saturated heterocycles. The van der Waals surface area contributed by atoms with E-state index in [1.165, 1.54) is 0 Å². The van der Waals surface area contributed by atoms with Crippen molar-refractivity contribution in [2.75, 3.05) is 0 Å². The van der Waals surface area contributed by atoms with Crippen LogP contribution in [0.3, 0.4) is 0 Å². The fourth-order valence-electron chi connectivity index (χ4n) is 3.17. The number of aryl methyl sites for hydroxylation is 1. The van der Waals surface area contributed by atoms with Gasteiger partial charge in [-0.25, -0.2) is 0 Å². The Morgan fingerprint density at radius 2 is 1.88 bits per heavy atom. The third-order valence-electron chi connectivity index (χ3n) is 4.41. The molecule has 4 heteroatoms. The number of hydrogen-bond acceptors (Lipinski definition) is 3. The van der Waals surface area contributed by atoms with Gasteiger partial charge in [-0.2, -0.15) is 0 Å². The summed E-state index contributed by atoms with van der Waals surface area (Å²) in [6, 6.07) is 15.5. The van der Waals surface area contributed by atoms with E-state index in [2.05, 4.69) is 4.98 Å². The fraction of sp³-hybridized carbons (Fsp3) is 0.200. The molecule has 0 aliphatic carbocycles. The smallest absolute Gasteiger partial charge is 0.196 e. The number of nitrogens with zero attached hydrogens (tertiary/aromatic N) is 1. The summed E-state index contributed by atoms with van der Waals surface area (Å²) in [5.41, 5.74) is 4.04. The Balaban J connectivity index is 2.05. The second-order valence-electron chi connectivity index (χ2n) is 6.10. The first kappa shape index (κ1) is 15.3. The number of ketones is 1. The lowest BCUT2D eigenvalue weighted by molar-refractivity contribution is 0.0953. The number of halogens is 1. The summed E-state index contributed by atoms with van der Waals surface area (Å²) in [6.07, 6.45) is -0.390. The van der Waals surface area contributed by atoms with Crippen LogP contribution in [0, 0.1) is 6.92 Å². The Morgan fingerprint density at radius 3 is 2.54 bits per heavy atom. The van der Waals surface area contributed by atoms with Crippen LogP contribution >= 0.6 is 11.6 Å². The van der Waals surface area contributed by atoms with Gasteiger partial charge in [-0.3, -0.25) is 9.78 Å². The number of pyridine rings is 1. The van der Waals surface area contributed by atoms with E-state index in [0.29, 0.717) is 16.3 Å². The molecule has 0 radical (unpaired) electrons. The molecule has 0 saturated carbocycles. The Bertz CT molecular complexity index is 953. The first-order valence-corrected chi connectivity index (χ1v) is 8.29. The molecule has 0 unspecified atom stereocenters. The molecule has 1 aromatic heterocycles. The van der Waals surface area contributed by atoms with Crippen LogP contribution < -0.4 is 0 Å². The summed E-state index contributed by atoms with van der Waals surface area (Å²) in [5.74, 6) is 0.00297. The zero-order chi connectivity index (χ0) is 16.8. The van der Waals surface area contributed by atoms with Crippen molar-refractivity contribution in [2.45, 2.75) is 26.1 Å². The molecule has 0 spiro atoms. The highest BCUT2D eigenvalue weighted by atomic mass is 35.5. The van der Waals surface area contributed by atoms with Gasteiger partial charge in [0.25, 0.3) is 0 Å². The van der Waals surface area contributed by atoms with Crippen molar-refractivity contribution < 1.29 is 9.53 Å². The standard InChI is InChI=1S/C20H16ClNO2/c1-11-17(19(23)20-12(2)24-20)18(13-6-4-3-5-7-13)15-9-8-14(21)10-16(15)22-11/h3-10,12,20H,1-2H3/t12-,20+/m0/s1. The number of hydrogen-bond donors (Lipinski definition) is 0. The molecular weight excluding hydrogens is 322 g/mol. The van der Waals surface area contributed by atoms with Gasteiger partial charge in [0.1, 0.15) is 6.10 Å². The average molecular weight is 338 g/mol. The predicted octanol–water partition coefficient (Wildman–Crippen LogP) is 4.83. The van der Waals surface area contributed by atoms with Gasteiger partial charge in [0.2, 0.25) is 0 Å². The van der Waals surface area contributed by atoms with Gasteiger partial charge < -0.3 is 4.74 Å². The number of ether oxygens (including phenoxy) is 1. The van der Waals surface area contributed by atoms with Crippen LogP contribution in [0.15, 0.2) is 48.5 Å². The third kappa shape index (κ3) is 2.50. The van der Waals surface area contributed by atoms with E-state index in [4.69, 9.17) is 16.3 Å². The molecule has 2 atom stereocenters. The van der Waals surface area contributed by atoms with Gasteiger partial charge in [0.15, 0.2) is 5.78 Å². The molecule has 1 fully saturated rings. The normalized spacial score (nSPS) is 19.5. The number of fused-ring (bicyclic) bond motifs is 1. The Hall–Kier alpha value is -2.23. The number of epoxide rings is 1. The molecule has 0 N–H and O–H groups in total. The van der Waals surface area contributed by atoms with Gasteiger partial charge in [-0.15, -0.1) is 0 Å².